The lowest BCUT2D eigenvalue weighted by molar-refractivity contribution is 0.0727. The third-order valence-corrected chi connectivity index (χ3v) is 1.99. The molecular formula is C11H18N2O. The zero-order valence-electron chi connectivity index (χ0n) is 8.84. The van der Waals surface area contributed by atoms with E-state index in [0.717, 1.165) is 12.1 Å². The SMILES string of the molecule is CCCc1ccc(NCONC)cc1. The van der Waals surface area contributed by atoms with E-state index < -0.39 is 0 Å². The highest BCUT2D eigenvalue weighted by atomic mass is 16.6. The van der Waals surface area contributed by atoms with Gasteiger partial charge in [0.1, 0.15) is 6.73 Å². The van der Waals surface area contributed by atoms with Gasteiger partial charge in [-0.05, 0) is 24.1 Å². The molecule has 1 rings (SSSR count). The molecule has 0 aliphatic carbocycles. The fourth-order valence-corrected chi connectivity index (χ4v) is 1.27. The molecule has 78 valence electrons. The molecule has 3 heteroatoms. The Balaban J connectivity index is 2.38. The van der Waals surface area contributed by atoms with Crippen LogP contribution >= 0.6 is 0 Å². The van der Waals surface area contributed by atoms with Crippen LogP contribution in [0.25, 0.3) is 0 Å². The smallest absolute Gasteiger partial charge is 0.137 e. The van der Waals surface area contributed by atoms with Crippen molar-refractivity contribution < 1.29 is 4.84 Å². The fraction of sp³-hybridized carbons (Fsp3) is 0.455. The van der Waals surface area contributed by atoms with Crippen molar-refractivity contribution in [3.05, 3.63) is 29.8 Å². The first-order valence-electron chi connectivity index (χ1n) is 4.98. The molecule has 0 bridgehead atoms. The van der Waals surface area contributed by atoms with Crippen LogP contribution in [0.1, 0.15) is 18.9 Å². The third kappa shape index (κ3) is 3.77. The zero-order valence-corrected chi connectivity index (χ0v) is 8.84. The van der Waals surface area contributed by atoms with E-state index in [1.54, 1.807) is 7.05 Å². The van der Waals surface area contributed by atoms with Gasteiger partial charge in [-0.2, -0.15) is 0 Å². The average Bonchev–Trinajstić information content (AvgIpc) is 2.21. The first kappa shape index (κ1) is 11.0. The maximum Gasteiger partial charge on any atom is 0.137 e. The van der Waals surface area contributed by atoms with Gasteiger partial charge in [0.15, 0.2) is 0 Å². The summed E-state index contributed by atoms with van der Waals surface area (Å²) < 4.78 is 0. The predicted molar refractivity (Wildman–Crippen MR) is 59.1 cm³/mol. The van der Waals surface area contributed by atoms with Gasteiger partial charge >= 0.3 is 0 Å². The lowest BCUT2D eigenvalue weighted by atomic mass is 10.1. The van der Waals surface area contributed by atoms with Crippen LogP contribution in [-0.2, 0) is 11.3 Å². The minimum atomic E-state index is 0.476. The molecule has 0 spiro atoms. The number of anilines is 1. The highest BCUT2D eigenvalue weighted by Gasteiger charge is 1.92. The third-order valence-electron chi connectivity index (χ3n) is 1.99. The molecule has 2 N–H and O–H groups in total. The van der Waals surface area contributed by atoms with Crippen LogP contribution in [-0.4, -0.2) is 13.8 Å². The normalized spacial score (nSPS) is 10.1. The lowest BCUT2D eigenvalue weighted by Crippen LogP contribution is -2.14. The van der Waals surface area contributed by atoms with Gasteiger partial charge in [-0.15, -0.1) is 0 Å². The van der Waals surface area contributed by atoms with Crippen LogP contribution in [0.4, 0.5) is 5.69 Å². The molecule has 0 fully saturated rings. The van der Waals surface area contributed by atoms with Gasteiger partial charge in [-0.3, -0.25) is 4.84 Å². The highest BCUT2D eigenvalue weighted by molar-refractivity contribution is 5.44. The first-order valence-corrected chi connectivity index (χ1v) is 4.98. The number of aryl methyl sites for hydroxylation is 1. The van der Waals surface area contributed by atoms with Gasteiger partial charge in [-0.25, -0.2) is 5.48 Å². The summed E-state index contributed by atoms with van der Waals surface area (Å²) in [6.07, 6.45) is 2.34. The Morgan fingerprint density at radius 1 is 1.21 bits per heavy atom. The molecule has 1 aromatic carbocycles. The van der Waals surface area contributed by atoms with Crippen molar-refractivity contribution in [2.75, 3.05) is 19.1 Å². The van der Waals surface area contributed by atoms with Gasteiger partial charge in [0, 0.05) is 12.7 Å². The lowest BCUT2D eigenvalue weighted by Gasteiger charge is -2.06. The Bertz CT molecular complexity index is 246. The Morgan fingerprint density at radius 3 is 2.50 bits per heavy atom. The average molecular weight is 194 g/mol. The Labute approximate surface area is 85.4 Å². The molecule has 1 aromatic rings. The zero-order chi connectivity index (χ0) is 10.2. The van der Waals surface area contributed by atoms with Crippen molar-refractivity contribution >= 4 is 5.69 Å². The van der Waals surface area contributed by atoms with Gasteiger partial charge < -0.3 is 5.32 Å². The fourth-order valence-electron chi connectivity index (χ4n) is 1.27. The van der Waals surface area contributed by atoms with Crippen molar-refractivity contribution in [1.29, 1.82) is 0 Å². The molecule has 0 saturated heterocycles. The summed E-state index contributed by atoms with van der Waals surface area (Å²) in [6, 6.07) is 8.43. The van der Waals surface area contributed by atoms with E-state index in [1.807, 2.05) is 0 Å². The Kier molecular flexibility index (Phi) is 5.04. The summed E-state index contributed by atoms with van der Waals surface area (Å²) in [4.78, 5) is 4.95. The van der Waals surface area contributed by atoms with Gasteiger partial charge in [-0.1, -0.05) is 25.5 Å². The van der Waals surface area contributed by atoms with Gasteiger partial charge in [0.2, 0.25) is 0 Å². The van der Waals surface area contributed by atoms with E-state index in [9.17, 15) is 0 Å². The summed E-state index contributed by atoms with van der Waals surface area (Å²) in [7, 11) is 1.74. The molecule has 0 aliphatic rings. The summed E-state index contributed by atoms with van der Waals surface area (Å²) in [5, 5.41) is 3.13. The molecular weight excluding hydrogens is 176 g/mol. The first-order chi connectivity index (χ1) is 6.86. The van der Waals surface area contributed by atoms with Gasteiger partial charge in [0.05, 0.1) is 0 Å². The molecule has 0 saturated carbocycles. The number of hydrogen-bond acceptors (Lipinski definition) is 3. The number of rotatable bonds is 6. The number of benzene rings is 1. The molecule has 0 amide bonds. The van der Waals surface area contributed by atoms with Crippen molar-refractivity contribution in [2.45, 2.75) is 19.8 Å². The maximum atomic E-state index is 4.95. The molecule has 0 heterocycles. The van der Waals surface area contributed by atoms with E-state index >= 15 is 0 Å². The monoisotopic (exact) mass is 194 g/mol. The van der Waals surface area contributed by atoms with Crippen LogP contribution in [0.15, 0.2) is 24.3 Å². The van der Waals surface area contributed by atoms with Crippen LogP contribution in [0.3, 0.4) is 0 Å². The summed E-state index contributed by atoms with van der Waals surface area (Å²) in [5.74, 6) is 0. The van der Waals surface area contributed by atoms with Crippen LogP contribution in [0.5, 0.6) is 0 Å². The predicted octanol–water partition coefficient (Wildman–Crippen LogP) is 2.16. The minimum absolute atomic E-state index is 0.476. The molecule has 0 aromatic heterocycles. The highest BCUT2D eigenvalue weighted by Crippen LogP contribution is 2.10. The van der Waals surface area contributed by atoms with Crippen LogP contribution in [0.2, 0.25) is 0 Å². The Morgan fingerprint density at radius 2 is 1.93 bits per heavy atom. The van der Waals surface area contributed by atoms with Crippen LogP contribution < -0.4 is 10.8 Å². The van der Waals surface area contributed by atoms with Crippen molar-refractivity contribution in [2.24, 2.45) is 0 Å². The molecule has 0 aliphatic heterocycles. The molecule has 0 unspecified atom stereocenters. The van der Waals surface area contributed by atoms with Gasteiger partial charge in [0.25, 0.3) is 0 Å². The molecule has 3 nitrogen and oxygen atoms in total. The Hall–Kier alpha value is -1.06. The van der Waals surface area contributed by atoms with E-state index in [0.29, 0.717) is 6.73 Å². The second-order valence-electron chi connectivity index (χ2n) is 3.12. The van der Waals surface area contributed by atoms with Crippen molar-refractivity contribution in [3.8, 4) is 0 Å². The molecule has 0 atom stereocenters. The number of hydrogen-bond donors (Lipinski definition) is 2. The van der Waals surface area contributed by atoms with Crippen LogP contribution in [0, 0.1) is 0 Å². The quantitative estimate of drug-likeness (QED) is 0.413. The summed E-state index contributed by atoms with van der Waals surface area (Å²) in [5.41, 5.74) is 5.07. The molecule has 14 heavy (non-hydrogen) atoms. The number of hydroxylamine groups is 1. The molecule has 0 radical (unpaired) electrons. The summed E-state index contributed by atoms with van der Waals surface area (Å²) in [6.45, 7) is 2.66. The van der Waals surface area contributed by atoms with E-state index in [4.69, 9.17) is 4.84 Å². The summed E-state index contributed by atoms with van der Waals surface area (Å²) >= 11 is 0. The van der Waals surface area contributed by atoms with E-state index in [2.05, 4.69) is 42.0 Å². The van der Waals surface area contributed by atoms with Crippen molar-refractivity contribution in [1.82, 2.24) is 5.48 Å². The second kappa shape index (κ2) is 6.40. The maximum absolute atomic E-state index is 4.95. The van der Waals surface area contributed by atoms with E-state index in [1.165, 1.54) is 12.0 Å². The van der Waals surface area contributed by atoms with Crippen molar-refractivity contribution in [3.63, 3.8) is 0 Å². The standard InChI is InChI=1S/C11H18N2O/c1-3-4-10-5-7-11(8-6-10)13-9-14-12-2/h5-8,12-13H,3-4,9H2,1-2H3. The largest absolute Gasteiger partial charge is 0.361 e. The minimum Gasteiger partial charge on any atom is -0.361 e. The van der Waals surface area contributed by atoms with E-state index in [-0.39, 0.29) is 0 Å². The number of nitrogens with one attached hydrogen (secondary N) is 2. The second-order valence-corrected chi connectivity index (χ2v) is 3.12. The topological polar surface area (TPSA) is 33.3 Å².